The van der Waals surface area contributed by atoms with Crippen LogP contribution in [-0.2, 0) is 10.0 Å². The van der Waals surface area contributed by atoms with Crippen molar-refractivity contribution < 1.29 is 18.3 Å². The van der Waals surface area contributed by atoms with Crippen molar-refractivity contribution in [3.63, 3.8) is 0 Å². The highest BCUT2D eigenvalue weighted by Gasteiger charge is 2.31. The normalized spacial score (nSPS) is 15.6. The number of hydrogen-bond acceptors (Lipinski definition) is 4. The standard InChI is InChI=1S/C19H23N3O4S/c1-14-3-6-16(7-4-14)20-19(24)21-9-11-22(12-10-21)27(25,26)18-13-15(2)5-8-17(18)23/h3-8,13,23H,9-12H2,1-2H3,(H,20,24). The summed E-state index contributed by atoms with van der Waals surface area (Å²) < 4.78 is 26.9. The van der Waals surface area contributed by atoms with Crippen molar-refractivity contribution in [3.05, 3.63) is 53.6 Å². The van der Waals surface area contributed by atoms with Crippen LogP contribution in [0.15, 0.2) is 47.4 Å². The van der Waals surface area contributed by atoms with Gasteiger partial charge in [-0.15, -0.1) is 0 Å². The number of rotatable bonds is 3. The Labute approximate surface area is 159 Å². The second kappa shape index (κ2) is 7.58. The predicted octanol–water partition coefficient (Wildman–Crippen LogP) is 2.55. The van der Waals surface area contributed by atoms with E-state index in [0.717, 1.165) is 11.1 Å². The van der Waals surface area contributed by atoms with Gasteiger partial charge in [-0.1, -0.05) is 23.8 Å². The molecule has 27 heavy (non-hydrogen) atoms. The van der Waals surface area contributed by atoms with E-state index in [9.17, 15) is 18.3 Å². The third-order valence-corrected chi connectivity index (χ3v) is 6.49. The lowest BCUT2D eigenvalue weighted by atomic mass is 10.2. The molecule has 2 aromatic rings. The SMILES string of the molecule is Cc1ccc(NC(=O)N2CCN(S(=O)(=O)c3cc(C)ccc3O)CC2)cc1. The molecule has 8 heteroatoms. The third kappa shape index (κ3) is 4.23. The number of urea groups is 1. The van der Waals surface area contributed by atoms with Gasteiger partial charge in [0.1, 0.15) is 10.6 Å². The number of piperazine rings is 1. The van der Waals surface area contributed by atoms with Gasteiger partial charge < -0.3 is 15.3 Å². The van der Waals surface area contributed by atoms with Crippen LogP contribution in [-0.4, -0.2) is 54.9 Å². The molecule has 2 N–H and O–H groups in total. The number of hydrogen-bond donors (Lipinski definition) is 2. The highest BCUT2D eigenvalue weighted by atomic mass is 32.2. The van der Waals surface area contributed by atoms with E-state index in [0.29, 0.717) is 5.69 Å². The van der Waals surface area contributed by atoms with Gasteiger partial charge in [0.25, 0.3) is 0 Å². The molecule has 1 aliphatic rings. The second-order valence-electron chi connectivity index (χ2n) is 6.66. The lowest BCUT2D eigenvalue weighted by Crippen LogP contribution is -2.51. The summed E-state index contributed by atoms with van der Waals surface area (Å²) in [5.41, 5.74) is 2.55. The van der Waals surface area contributed by atoms with Crippen LogP contribution in [0.25, 0.3) is 0 Å². The molecular weight excluding hydrogens is 366 g/mol. The molecule has 0 bridgehead atoms. The number of nitrogens with zero attached hydrogens (tertiary/aromatic N) is 2. The second-order valence-corrected chi connectivity index (χ2v) is 8.56. The molecule has 2 amide bonds. The zero-order valence-electron chi connectivity index (χ0n) is 15.3. The molecule has 0 spiro atoms. The minimum Gasteiger partial charge on any atom is -0.507 e. The van der Waals surface area contributed by atoms with E-state index in [4.69, 9.17) is 0 Å². The highest BCUT2D eigenvalue weighted by Crippen LogP contribution is 2.27. The fourth-order valence-electron chi connectivity index (χ4n) is 2.94. The number of phenols is 1. The minimum atomic E-state index is -3.80. The molecular formula is C19H23N3O4S. The quantitative estimate of drug-likeness (QED) is 0.844. The van der Waals surface area contributed by atoms with Crippen molar-refractivity contribution in [3.8, 4) is 5.75 Å². The van der Waals surface area contributed by atoms with E-state index in [2.05, 4.69) is 5.32 Å². The van der Waals surface area contributed by atoms with Gasteiger partial charge in [0.15, 0.2) is 0 Å². The van der Waals surface area contributed by atoms with Crippen LogP contribution < -0.4 is 5.32 Å². The fourth-order valence-corrected chi connectivity index (χ4v) is 4.53. The van der Waals surface area contributed by atoms with Crippen LogP contribution in [0, 0.1) is 13.8 Å². The molecule has 0 atom stereocenters. The molecule has 0 unspecified atom stereocenters. The molecule has 0 saturated carbocycles. The smallest absolute Gasteiger partial charge is 0.321 e. The monoisotopic (exact) mass is 389 g/mol. The first-order chi connectivity index (χ1) is 12.8. The number of carbonyl (C=O) groups is 1. The molecule has 0 aliphatic carbocycles. The van der Waals surface area contributed by atoms with Gasteiger partial charge in [-0.05, 0) is 43.7 Å². The average Bonchev–Trinajstić information content (AvgIpc) is 2.65. The summed E-state index contributed by atoms with van der Waals surface area (Å²) in [5, 5.41) is 12.8. The maximum Gasteiger partial charge on any atom is 0.321 e. The first kappa shape index (κ1) is 19.2. The number of amides is 2. The minimum absolute atomic E-state index is 0.0972. The summed E-state index contributed by atoms with van der Waals surface area (Å²) in [6.07, 6.45) is 0. The lowest BCUT2D eigenvalue weighted by molar-refractivity contribution is 0.184. The lowest BCUT2D eigenvalue weighted by Gasteiger charge is -2.34. The van der Waals surface area contributed by atoms with Crippen LogP contribution in [0.1, 0.15) is 11.1 Å². The number of phenolic OH excluding ortho intramolecular Hbond substituents is 1. The number of sulfonamides is 1. The third-order valence-electron chi connectivity index (χ3n) is 4.56. The van der Waals surface area contributed by atoms with Gasteiger partial charge in [-0.25, -0.2) is 13.2 Å². The molecule has 3 rings (SSSR count). The molecule has 0 aromatic heterocycles. The Balaban J connectivity index is 1.65. The summed E-state index contributed by atoms with van der Waals surface area (Å²) >= 11 is 0. The molecule has 1 fully saturated rings. The van der Waals surface area contributed by atoms with Crippen molar-refractivity contribution in [2.75, 3.05) is 31.5 Å². The molecule has 1 heterocycles. The molecule has 1 aliphatic heterocycles. The number of aryl methyl sites for hydroxylation is 2. The van der Waals surface area contributed by atoms with Crippen molar-refractivity contribution in [2.24, 2.45) is 0 Å². The number of carbonyl (C=O) groups excluding carboxylic acids is 1. The van der Waals surface area contributed by atoms with Gasteiger partial charge in [-0.2, -0.15) is 4.31 Å². The molecule has 2 aromatic carbocycles. The van der Waals surface area contributed by atoms with E-state index >= 15 is 0 Å². The van der Waals surface area contributed by atoms with E-state index in [-0.39, 0.29) is 42.9 Å². The fraction of sp³-hybridized carbons (Fsp3) is 0.316. The summed E-state index contributed by atoms with van der Waals surface area (Å²) in [6.45, 7) is 4.66. The Morgan fingerprint density at radius 1 is 0.963 bits per heavy atom. The van der Waals surface area contributed by atoms with Gasteiger partial charge in [0.2, 0.25) is 10.0 Å². The Kier molecular flexibility index (Phi) is 5.38. The summed E-state index contributed by atoms with van der Waals surface area (Å²) in [5.74, 6) is -0.264. The van der Waals surface area contributed by atoms with Gasteiger partial charge in [-0.3, -0.25) is 0 Å². The zero-order chi connectivity index (χ0) is 19.6. The van der Waals surface area contributed by atoms with Crippen LogP contribution in [0.4, 0.5) is 10.5 Å². The van der Waals surface area contributed by atoms with E-state index < -0.39 is 10.0 Å². The summed E-state index contributed by atoms with van der Waals surface area (Å²) in [7, 11) is -3.80. The van der Waals surface area contributed by atoms with Gasteiger partial charge >= 0.3 is 6.03 Å². The maximum atomic E-state index is 12.8. The number of nitrogens with one attached hydrogen (secondary N) is 1. The first-order valence-electron chi connectivity index (χ1n) is 8.70. The molecule has 0 radical (unpaired) electrons. The van der Waals surface area contributed by atoms with Gasteiger partial charge in [0, 0.05) is 31.9 Å². The van der Waals surface area contributed by atoms with Gasteiger partial charge in [0.05, 0.1) is 0 Å². The topological polar surface area (TPSA) is 90.0 Å². The van der Waals surface area contributed by atoms with E-state index in [1.165, 1.54) is 16.4 Å². The first-order valence-corrected chi connectivity index (χ1v) is 10.1. The predicted molar refractivity (Wildman–Crippen MR) is 103 cm³/mol. The van der Waals surface area contributed by atoms with Crippen LogP contribution in [0.5, 0.6) is 5.75 Å². The maximum absolute atomic E-state index is 12.8. The van der Waals surface area contributed by atoms with Crippen molar-refractivity contribution >= 4 is 21.7 Å². The Morgan fingerprint density at radius 2 is 1.56 bits per heavy atom. The van der Waals surface area contributed by atoms with E-state index in [1.807, 2.05) is 31.2 Å². The van der Waals surface area contributed by atoms with Crippen LogP contribution >= 0.6 is 0 Å². The number of benzene rings is 2. The summed E-state index contributed by atoms with van der Waals surface area (Å²) in [6, 6.07) is 11.7. The van der Waals surface area contributed by atoms with Crippen molar-refractivity contribution in [2.45, 2.75) is 18.7 Å². The highest BCUT2D eigenvalue weighted by molar-refractivity contribution is 7.89. The number of anilines is 1. The van der Waals surface area contributed by atoms with E-state index in [1.54, 1.807) is 17.9 Å². The molecule has 7 nitrogen and oxygen atoms in total. The molecule has 1 saturated heterocycles. The zero-order valence-corrected chi connectivity index (χ0v) is 16.2. The van der Waals surface area contributed by atoms with Crippen LogP contribution in [0.3, 0.4) is 0 Å². The largest absolute Gasteiger partial charge is 0.507 e. The Bertz CT molecular complexity index is 934. The summed E-state index contributed by atoms with van der Waals surface area (Å²) in [4.78, 5) is 13.9. The number of aromatic hydroxyl groups is 1. The van der Waals surface area contributed by atoms with Crippen molar-refractivity contribution in [1.82, 2.24) is 9.21 Å². The molecule has 144 valence electrons. The van der Waals surface area contributed by atoms with Crippen molar-refractivity contribution in [1.29, 1.82) is 0 Å². The van der Waals surface area contributed by atoms with Crippen LogP contribution in [0.2, 0.25) is 0 Å². The Morgan fingerprint density at radius 3 is 2.19 bits per heavy atom. The Hall–Kier alpha value is -2.58. The average molecular weight is 389 g/mol.